The number of benzene rings is 1. The van der Waals surface area contributed by atoms with Crippen molar-refractivity contribution in [3.8, 4) is 5.75 Å². The van der Waals surface area contributed by atoms with E-state index in [0.717, 1.165) is 25.0 Å². The molecule has 18 heavy (non-hydrogen) atoms. The first-order valence-electron chi connectivity index (χ1n) is 6.22. The van der Waals surface area contributed by atoms with Gasteiger partial charge in [0.1, 0.15) is 5.75 Å². The van der Waals surface area contributed by atoms with Gasteiger partial charge in [-0.3, -0.25) is 4.79 Å². The predicted molar refractivity (Wildman–Crippen MR) is 70.8 cm³/mol. The molecule has 0 aliphatic heterocycles. The van der Waals surface area contributed by atoms with Crippen LogP contribution in [-0.2, 0) is 11.2 Å². The van der Waals surface area contributed by atoms with Crippen molar-refractivity contribution in [2.45, 2.75) is 38.1 Å². The molecule has 1 rings (SSSR count). The molecule has 1 atom stereocenters. The van der Waals surface area contributed by atoms with Gasteiger partial charge in [-0.05, 0) is 37.0 Å². The summed E-state index contributed by atoms with van der Waals surface area (Å²) in [5.74, 6) is 0.104. The lowest BCUT2D eigenvalue weighted by Gasteiger charge is -2.11. The third kappa shape index (κ3) is 5.68. The Morgan fingerprint density at radius 2 is 2.00 bits per heavy atom. The Morgan fingerprint density at radius 3 is 2.56 bits per heavy atom. The normalized spacial score (nSPS) is 12.1. The molecular formula is C14H21NO3. The topological polar surface area (TPSA) is 72.5 Å². The van der Waals surface area contributed by atoms with Crippen molar-refractivity contribution in [1.82, 2.24) is 0 Å². The first-order chi connectivity index (χ1) is 8.61. The van der Waals surface area contributed by atoms with Gasteiger partial charge in [0, 0.05) is 12.5 Å². The average Bonchev–Trinajstić information content (AvgIpc) is 2.35. The molecule has 0 aromatic heterocycles. The van der Waals surface area contributed by atoms with Crippen LogP contribution < -0.4 is 10.5 Å². The van der Waals surface area contributed by atoms with E-state index in [4.69, 9.17) is 15.6 Å². The van der Waals surface area contributed by atoms with Crippen LogP contribution in [0.25, 0.3) is 0 Å². The molecule has 0 aliphatic carbocycles. The monoisotopic (exact) mass is 251 g/mol. The molecule has 0 spiro atoms. The van der Waals surface area contributed by atoms with E-state index in [9.17, 15) is 4.79 Å². The van der Waals surface area contributed by atoms with E-state index in [2.05, 4.69) is 0 Å². The van der Waals surface area contributed by atoms with E-state index in [1.54, 1.807) is 7.11 Å². The Hall–Kier alpha value is -1.55. The Balaban J connectivity index is 2.26. The number of methoxy groups -OCH3 is 1. The van der Waals surface area contributed by atoms with E-state index in [0.29, 0.717) is 6.42 Å². The Kier molecular flexibility index (Phi) is 6.22. The fourth-order valence-electron chi connectivity index (χ4n) is 1.85. The molecule has 0 aliphatic rings. The number of rotatable bonds is 8. The molecule has 1 unspecified atom stereocenters. The molecule has 100 valence electrons. The molecule has 4 nitrogen and oxygen atoms in total. The van der Waals surface area contributed by atoms with Crippen molar-refractivity contribution >= 4 is 5.97 Å². The lowest BCUT2D eigenvalue weighted by molar-refractivity contribution is -0.137. The largest absolute Gasteiger partial charge is 0.497 e. The molecule has 0 bridgehead atoms. The molecule has 0 heterocycles. The zero-order valence-corrected chi connectivity index (χ0v) is 10.8. The van der Waals surface area contributed by atoms with E-state index in [1.807, 2.05) is 24.3 Å². The van der Waals surface area contributed by atoms with Crippen LogP contribution in [0.3, 0.4) is 0 Å². The molecule has 0 fully saturated rings. The summed E-state index contributed by atoms with van der Waals surface area (Å²) in [4.78, 5) is 10.4. The van der Waals surface area contributed by atoms with Crippen LogP contribution in [0.15, 0.2) is 24.3 Å². The van der Waals surface area contributed by atoms with Crippen LogP contribution in [-0.4, -0.2) is 24.2 Å². The average molecular weight is 251 g/mol. The van der Waals surface area contributed by atoms with Gasteiger partial charge in [-0.25, -0.2) is 0 Å². The summed E-state index contributed by atoms with van der Waals surface area (Å²) in [6.45, 7) is 0. The number of hydrogen-bond donors (Lipinski definition) is 2. The highest BCUT2D eigenvalue weighted by molar-refractivity contribution is 5.66. The third-order valence-electron chi connectivity index (χ3n) is 2.87. The SMILES string of the molecule is COc1ccc(CC(N)CCCCC(=O)O)cc1. The van der Waals surface area contributed by atoms with E-state index in [1.165, 1.54) is 5.56 Å². The molecular weight excluding hydrogens is 230 g/mol. The van der Waals surface area contributed by atoms with Crippen molar-refractivity contribution in [1.29, 1.82) is 0 Å². The highest BCUT2D eigenvalue weighted by atomic mass is 16.5. The molecule has 3 N–H and O–H groups in total. The van der Waals surface area contributed by atoms with Gasteiger partial charge in [0.2, 0.25) is 0 Å². The van der Waals surface area contributed by atoms with Crippen molar-refractivity contribution in [2.75, 3.05) is 7.11 Å². The number of carboxylic acid groups (broad SMARTS) is 1. The fourth-order valence-corrected chi connectivity index (χ4v) is 1.85. The van der Waals surface area contributed by atoms with Gasteiger partial charge in [0.05, 0.1) is 7.11 Å². The number of ether oxygens (including phenoxy) is 1. The predicted octanol–water partition coefficient (Wildman–Crippen LogP) is 2.21. The van der Waals surface area contributed by atoms with Crippen LogP contribution in [0, 0.1) is 0 Å². The number of nitrogens with two attached hydrogens (primary N) is 1. The van der Waals surface area contributed by atoms with Gasteiger partial charge in [-0.1, -0.05) is 18.6 Å². The minimum atomic E-state index is -0.737. The number of aliphatic carboxylic acids is 1. The smallest absolute Gasteiger partial charge is 0.303 e. The summed E-state index contributed by atoms with van der Waals surface area (Å²) in [5, 5.41) is 8.52. The van der Waals surface area contributed by atoms with Crippen molar-refractivity contribution in [3.63, 3.8) is 0 Å². The highest BCUT2D eigenvalue weighted by Crippen LogP contribution is 2.14. The number of carboxylic acids is 1. The summed E-state index contributed by atoms with van der Waals surface area (Å²) in [7, 11) is 1.64. The molecule has 0 radical (unpaired) electrons. The third-order valence-corrected chi connectivity index (χ3v) is 2.87. The quantitative estimate of drug-likeness (QED) is 0.695. The van der Waals surface area contributed by atoms with Gasteiger partial charge in [-0.15, -0.1) is 0 Å². The van der Waals surface area contributed by atoms with Crippen molar-refractivity contribution < 1.29 is 14.6 Å². The van der Waals surface area contributed by atoms with E-state index >= 15 is 0 Å². The Bertz CT molecular complexity index is 362. The first kappa shape index (κ1) is 14.5. The standard InChI is InChI=1S/C14H21NO3/c1-18-13-8-6-11(7-9-13)10-12(15)4-2-3-5-14(16)17/h6-9,12H,2-5,10,15H2,1H3,(H,16,17). The molecule has 0 saturated carbocycles. The van der Waals surface area contributed by atoms with E-state index in [-0.39, 0.29) is 12.5 Å². The minimum absolute atomic E-state index is 0.0900. The molecule has 0 amide bonds. The maximum atomic E-state index is 10.4. The Morgan fingerprint density at radius 1 is 1.33 bits per heavy atom. The number of carbonyl (C=O) groups is 1. The number of unbranched alkanes of at least 4 members (excludes halogenated alkanes) is 1. The fraction of sp³-hybridized carbons (Fsp3) is 0.500. The minimum Gasteiger partial charge on any atom is -0.497 e. The summed E-state index contributed by atoms with van der Waals surface area (Å²) in [6, 6.07) is 7.96. The van der Waals surface area contributed by atoms with Gasteiger partial charge >= 0.3 is 5.97 Å². The van der Waals surface area contributed by atoms with Crippen molar-refractivity contribution in [3.05, 3.63) is 29.8 Å². The van der Waals surface area contributed by atoms with Gasteiger partial charge in [0.15, 0.2) is 0 Å². The summed E-state index contributed by atoms with van der Waals surface area (Å²) in [5.41, 5.74) is 7.20. The second kappa shape index (κ2) is 7.71. The lowest BCUT2D eigenvalue weighted by atomic mass is 10.0. The second-order valence-corrected chi connectivity index (χ2v) is 4.45. The maximum Gasteiger partial charge on any atom is 0.303 e. The first-order valence-corrected chi connectivity index (χ1v) is 6.22. The second-order valence-electron chi connectivity index (χ2n) is 4.45. The van der Waals surface area contributed by atoms with Crippen LogP contribution in [0.5, 0.6) is 5.75 Å². The summed E-state index contributed by atoms with van der Waals surface area (Å²) < 4.78 is 5.09. The molecule has 1 aromatic carbocycles. The van der Waals surface area contributed by atoms with E-state index < -0.39 is 5.97 Å². The molecule has 0 saturated heterocycles. The van der Waals surface area contributed by atoms with Crippen LogP contribution >= 0.6 is 0 Å². The maximum absolute atomic E-state index is 10.4. The van der Waals surface area contributed by atoms with Crippen molar-refractivity contribution in [2.24, 2.45) is 5.73 Å². The van der Waals surface area contributed by atoms with Gasteiger partial charge in [-0.2, -0.15) is 0 Å². The Labute approximate surface area is 108 Å². The van der Waals surface area contributed by atoms with Crippen LogP contribution in [0.1, 0.15) is 31.2 Å². The number of hydrogen-bond acceptors (Lipinski definition) is 3. The lowest BCUT2D eigenvalue weighted by Crippen LogP contribution is -2.22. The van der Waals surface area contributed by atoms with Gasteiger partial charge < -0.3 is 15.6 Å². The zero-order chi connectivity index (χ0) is 13.4. The van der Waals surface area contributed by atoms with Gasteiger partial charge in [0.25, 0.3) is 0 Å². The summed E-state index contributed by atoms with van der Waals surface area (Å²) in [6.07, 6.45) is 3.47. The van der Waals surface area contributed by atoms with Crippen LogP contribution in [0.4, 0.5) is 0 Å². The zero-order valence-electron chi connectivity index (χ0n) is 10.8. The summed E-state index contributed by atoms with van der Waals surface area (Å²) >= 11 is 0. The molecule has 4 heteroatoms. The molecule has 1 aromatic rings. The van der Waals surface area contributed by atoms with Crippen LogP contribution in [0.2, 0.25) is 0 Å². The highest BCUT2D eigenvalue weighted by Gasteiger charge is 2.05.